The van der Waals surface area contributed by atoms with Gasteiger partial charge in [0.15, 0.2) is 11.0 Å². The molecule has 3 heterocycles. The number of ether oxygens (including phenoxy) is 1. The molecule has 2 aliphatic carbocycles. The summed E-state index contributed by atoms with van der Waals surface area (Å²) in [4.78, 5) is 16.5. The van der Waals surface area contributed by atoms with Crippen molar-refractivity contribution in [2.75, 3.05) is 6.61 Å². The van der Waals surface area contributed by atoms with E-state index < -0.39 is 0 Å². The monoisotopic (exact) mass is 493 g/mol. The van der Waals surface area contributed by atoms with Gasteiger partial charge in [-0.15, -0.1) is 10.2 Å². The summed E-state index contributed by atoms with van der Waals surface area (Å²) < 4.78 is 8.11. The number of carbonyl (C=O) groups excluding carboxylic acids is 1. The molecule has 3 fully saturated rings. The van der Waals surface area contributed by atoms with Crippen molar-refractivity contribution in [3.05, 3.63) is 30.5 Å². The highest BCUT2D eigenvalue weighted by atomic mass is 32.2. The number of amides is 1. The first-order valence-corrected chi connectivity index (χ1v) is 14.0. The fourth-order valence-corrected chi connectivity index (χ4v) is 7.42. The summed E-state index contributed by atoms with van der Waals surface area (Å²) in [5, 5.41) is 14.1. The van der Waals surface area contributed by atoms with Crippen LogP contribution in [0.4, 0.5) is 0 Å². The number of para-hydroxylation sites is 1. The first kappa shape index (κ1) is 23.1. The number of hydrogen-bond acceptors (Lipinski definition) is 5. The van der Waals surface area contributed by atoms with E-state index in [0.29, 0.717) is 12.5 Å². The smallest absolute Gasteiger partial charge is 0.233 e. The van der Waals surface area contributed by atoms with Gasteiger partial charge in [-0.1, -0.05) is 36.4 Å². The van der Waals surface area contributed by atoms with Gasteiger partial charge in [0.25, 0.3) is 0 Å². The molecule has 6 atom stereocenters. The first-order chi connectivity index (χ1) is 17.1. The summed E-state index contributed by atoms with van der Waals surface area (Å²) in [6, 6.07) is 8.47. The van der Waals surface area contributed by atoms with Crippen LogP contribution in [0.1, 0.15) is 52.4 Å². The van der Waals surface area contributed by atoms with Gasteiger partial charge in [0.1, 0.15) is 0 Å². The van der Waals surface area contributed by atoms with Crippen LogP contribution in [0.15, 0.2) is 35.6 Å². The molecule has 0 radical (unpaired) electrons. The van der Waals surface area contributed by atoms with Crippen LogP contribution in [0, 0.1) is 17.8 Å². The van der Waals surface area contributed by atoms with Crippen molar-refractivity contribution in [3.8, 4) is 11.4 Å². The normalized spacial score (nSPS) is 27.5. The molecule has 6 unspecified atom stereocenters. The molecule has 35 heavy (non-hydrogen) atoms. The highest BCUT2D eigenvalue weighted by Crippen LogP contribution is 2.49. The standard InChI is InChI=1S/C27H35N5O2S/c1-16(22-13-18-9-10-19(22)12-18)29-26(33)17(2)35-27-31-30-25(32(27)15-20-6-5-11-34-20)23-14-28-24-8-4-3-7-21(23)24/h3-4,7-8,14,16-20,22,28H,5-6,9-13,15H2,1-2H3,(H,29,33). The molecule has 2 bridgehead atoms. The van der Waals surface area contributed by atoms with Crippen LogP contribution in [0.5, 0.6) is 0 Å². The maximum Gasteiger partial charge on any atom is 0.233 e. The van der Waals surface area contributed by atoms with Crippen LogP contribution in [0.3, 0.4) is 0 Å². The minimum atomic E-state index is -0.251. The molecule has 2 N–H and O–H groups in total. The second kappa shape index (κ2) is 9.62. The van der Waals surface area contributed by atoms with Crippen molar-refractivity contribution in [3.63, 3.8) is 0 Å². The van der Waals surface area contributed by atoms with Gasteiger partial charge in [-0.25, -0.2) is 0 Å². The molecule has 7 nitrogen and oxygen atoms in total. The lowest BCUT2D eigenvalue weighted by molar-refractivity contribution is -0.121. The lowest BCUT2D eigenvalue weighted by atomic mass is 9.84. The maximum atomic E-state index is 13.2. The molecule has 1 saturated heterocycles. The summed E-state index contributed by atoms with van der Waals surface area (Å²) in [5.74, 6) is 3.22. The predicted octanol–water partition coefficient (Wildman–Crippen LogP) is 5.03. The molecule has 2 saturated carbocycles. The van der Waals surface area contributed by atoms with Gasteiger partial charge in [-0.3, -0.25) is 9.36 Å². The second-order valence-electron chi connectivity index (χ2n) is 10.7. The average molecular weight is 494 g/mol. The number of hydrogen-bond donors (Lipinski definition) is 2. The summed E-state index contributed by atoms with van der Waals surface area (Å²) in [6.07, 6.45) is 9.62. The minimum Gasteiger partial charge on any atom is -0.376 e. The van der Waals surface area contributed by atoms with Gasteiger partial charge in [0.2, 0.25) is 5.91 Å². The molecule has 1 amide bonds. The van der Waals surface area contributed by atoms with Crippen molar-refractivity contribution >= 4 is 28.6 Å². The van der Waals surface area contributed by atoms with Crippen LogP contribution >= 0.6 is 11.8 Å². The molecule has 1 aromatic carbocycles. The number of benzene rings is 1. The molecule has 186 valence electrons. The van der Waals surface area contributed by atoms with Crippen molar-refractivity contribution in [1.82, 2.24) is 25.1 Å². The Morgan fingerprint density at radius 3 is 2.89 bits per heavy atom. The van der Waals surface area contributed by atoms with Crippen LogP contribution in [-0.4, -0.2) is 49.7 Å². The summed E-state index contributed by atoms with van der Waals surface area (Å²) >= 11 is 1.50. The quantitative estimate of drug-likeness (QED) is 0.430. The first-order valence-electron chi connectivity index (χ1n) is 13.1. The largest absolute Gasteiger partial charge is 0.376 e. The predicted molar refractivity (Wildman–Crippen MR) is 138 cm³/mol. The molecule has 3 aromatic rings. The molecule has 0 spiro atoms. The van der Waals surface area contributed by atoms with Gasteiger partial charge in [-0.2, -0.15) is 0 Å². The maximum absolute atomic E-state index is 13.2. The van der Waals surface area contributed by atoms with Gasteiger partial charge >= 0.3 is 0 Å². The molecular formula is C27H35N5O2S. The Kier molecular flexibility index (Phi) is 6.35. The third kappa shape index (κ3) is 4.51. The molecule has 3 aliphatic rings. The average Bonchev–Trinajstić information content (AvgIpc) is 3.68. The number of nitrogens with zero attached hydrogens (tertiary/aromatic N) is 3. The minimum absolute atomic E-state index is 0.0885. The van der Waals surface area contributed by atoms with E-state index in [1.54, 1.807) is 0 Å². The Hall–Kier alpha value is -2.32. The zero-order chi connectivity index (χ0) is 23.9. The zero-order valence-electron chi connectivity index (χ0n) is 20.6. The number of H-pyrrole nitrogens is 1. The number of aromatic nitrogens is 4. The van der Waals surface area contributed by atoms with Gasteiger partial charge in [0, 0.05) is 35.3 Å². The highest BCUT2D eigenvalue weighted by molar-refractivity contribution is 8.00. The van der Waals surface area contributed by atoms with Crippen LogP contribution < -0.4 is 5.32 Å². The van der Waals surface area contributed by atoms with Crippen LogP contribution in [0.2, 0.25) is 0 Å². The Labute approximate surface area is 210 Å². The van der Waals surface area contributed by atoms with Crippen molar-refractivity contribution in [1.29, 1.82) is 0 Å². The number of aromatic amines is 1. The Morgan fingerprint density at radius 2 is 2.11 bits per heavy atom. The topological polar surface area (TPSA) is 84.8 Å². The van der Waals surface area contributed by atoms with E-state index in [2.05, 4.69) is 44.1 Å². The van der Waals surface area contributed by atoms with Gasteiger partial charge in [0.05, 0.1) is 17.9 Å². The fourth-order valence-electron chi connectivity index (χ4n) is 6.55. The molecule has 1 aliphatic heterocycles. The van der Waals surface area contributed by atoms with Gasteiger partial charge < -0.3 is 15.0 Å². The molecular weight excluding hydrogens is 458 g/mol. The van der Waals surface area contributed by atoms with Crippen molar-refractivity contribution < 1.29 is 9.53 Å². The summed E-state index contributed by atoms with van der Waals surface area (Å²) in [7, 11) is 0. The Bertz CT molecular complexity index is 1200. The highest BCUT2D eigenvalue weighted by Gasteiger charge is 2.42. The number of rotatable bonds is 8. The second-order valence-corrected chi connectivity index (χ2v) is 12.0. The molecule has 8 heteroatoms. The van der Waals surface area contributed by atoms with Crippen molar-refractivity contribution in [2.45, 2.75) is 81.5 Å². The zero-order valence-corrected chi connectivity index (χ0v) is 21.4. The van der Waals surface area contributed by atoms with E-state index in [-0.39, 0.29) is 23.3 Å². The van der Waals surface area contributed by atoms with Gasteiger partial charge in [-0.05, 0) is 69.8 Å². The lowest BCUT2D eigenvalue weighted by Gasteiger charge is -2.29. The Morgan fingerprint density at radius 1 is 1.23 bits per heavy atom. The van der Waals surface area contributed by atoms with E-state index in [4.69, 9.17) is 4.74 Å². The van der Waals surface area contributed by atoms with Crippen LogP contribution in [-0.2, 0) is 16.1 Å². The molecule has 2 aromatic heterocycles. The van der Waals surface area contributed by atoms with E-state index in [0.717, 1.165) is 58.7 Å². The van der Waals surface area contributed by atoms with E-state index >= 15 is 0 Å². The fraction of sp³-hybridized carbons (Fsp3) is 0.593. The number of thioether (sulfide) groups is 1. The number of nitrogens with one attached hydrogen (secondary N) is 2. The van der Waals surface area contributed by atoms with E-state index in [1.165, 1.54) is 37.4 Å². The molecule has 6 rings (SSSR count). The third-order valence-corrected chi connectivity index (χ3v) is 9.49. The third-order valence-electron chi connectivity index (χ3n) is 8.41. The van der Waals surface area contributed by atoms with Crippen LogP contribution in [0.25, 0.3) is 22.3 Å². The summed E-state index contributed by atoms with van der Waals surface area (Å²) in [6.45, 7) is 5.66. The van der Waals surface area contributed by atoms with E-state index in [1.807, 2.05) is 25.3 Å². The van der Waals surface area contributed by atoms with Crippen molar-refractivity contribution in [2.24, 2.45) is 17.8 Å². The van der Waals surface area contributed by atoms with E-state index in [9.17, 15) is 4.79 Å². The lowest BCUT2D eigenvalue weighted by Crippen LogP contribution is -2.43. The Balaban J connectivity index is 1.21. The number of carbonyl (C=O) groups is 1. The SMILES string of the molecule is CC(Sc1nnc(-c2c[nH]c3ccccc23)n1CC1CCCO1)C(=O)NC(C)C1CC2CCC1C2. The summed E-state index contributed by atoms with van der Waals surface area (Å²) in [5.41, 5.74) is 2.10. The number of fused-ring (bicyclic) bond motifs is 3.